The van der Waals surface area contributed by atoms with Crippen molar-refractivity contribution in [1.29, 1.82) is 0 Å². The van der Waals surface area contributed by atoms with Crippen molar-refractivity contribution >= 4 is 11.8 Å². The van der Waals surface area contributed by atoms with E-state index >= 15 is 0 Å². The Morgan fingerprint density at radius 2 is 1.79 bits per heavy atom. The molecule has 1 aliphatic rings. The smallest absolute Gasteiger partial charge is 0.115 e. The first-order chi connectivity index (χ1) is 9.34. The van der Waals surface area contributed by atoms with Crippen LogP contribution in [0.2, 0.25) is 0 Å². The molecule has 1 aliphatic heterocycles. The van der Waals surface area contributed by atoms with Gasteiger partial charge in [-0.15, -0.1) is 11.8 Å². The maximum Gasteiger partial charge on any atom is 0.115 e. The molecular weight excluding hydrogens is 258 g/mol. The highest BCUT2D eigenvalue weighted by atomic mass is 32.2. The van der Waals surface area contributed by atoms with Crippen molar-refractivity contribution in [3.05, 3.63) is 24.3 Å². The quantitative estimate of drug-likeness (QED) is 0.615. The number of morpholine rings is 1. The van der Waals surface area contributed by atoms with Crippen LogP contribution in [0.3, 0.4) is 0 Å². The maximum absolute atomic E-state index is 9.20. The fraction of sp³-hybridized carbons (Fsp3) is 0.600. The summed E-state index contributed by atoms with van der Waals surface area (Å²) in [6.07, 6.45) is 3.84. The normalized spacial score (nSPS) is 16.6. The molecule has 0 amide bonds. The van der Waals surface area contributed by atoms with Gasteiger partial charge in [0, 0.05) is 18.0 Å². The molecule has 0 unspecified atom stereocenters. The van der Waals surface area contributed by atoms with Crippen molar-refractivity contribution in [2.24, 2.45) is 0 Å². The van der Waals surface area contributed by atoms with Gasteiger partial charge in [0.1, 0.15) is 5.75 Å². The molecule has 0 spiro atoms. The van der Waals surface area contributed by atoms with Crippen LogP contribution in [0.25, 0.3) is 0 Å². The van der Waals surface area contributed by atoms with Gasteiger partial charge in [-0.2, -0.15) is 0 Å². The predicted molar refractivity (Wildman–Crippen MR) is 79.9 cm³/mol. The molecule has 0 aliphatic carbocycles. The van der Waals surface area contributed by atoms with E-state index < -0.39 is 0 Å². The van der Waals surface area contributed by atoms with Gasteiger partial charge in [-0.25, -0.2) is 0 Å². The third-order valence-electron chi connectivity index (χ3n) is 3.33. The van der Waals surface area contributed by atoms with Crippen molar-refractivity contribution in [2.45, 2.75) is 24.2 Å². The van der Waals surface area contributed by atoms with Crippen LogP contribution in [-0.2, 0) is 4.74 Å². The third kappa shape index (κ3) is 5.85. The maximum atomic E-state index is 9.20. The number of hydrogen-bond acceptors (Lipinski definition) is 4. The van der Waals surface area contributed by atoms with Crippen LogP contribution in [0.5, 0.6) is 5.75 Å². The second kappa shape index (κ2) is 8.46. The Labute approximate surface area is 120 Å². The first kappa shape index (κ1) is 14.7. The monoisotopic (exact) mass is 281 g/mol. The van der Waals surface area contributed by atoms with Crippen LogP contribution in [0, 0.1) is 0 Å². The van der Waals surface area contributed by atoms with Gasteiger partial charge in [0.25, 0.3) is 0 Å². The van der Waals surface area contributed by atoms with Crippen LogP contribution < -0.4 is 0 Å². The van der Waals surface area contributed by atoms with E-state index in [2.05, 4.69) is 4.90 Å². The minimum absolute atomic E-state index is 0.342. The molecule has 1 aromatic rings. The molecular formula is C15H23NO2S. The molecule has 0 aromatic heterocycles. The van der Waals surface area contributed by atoms with Gasteiger partial charge in [-0.05, 0) is 49.4 Å². The van der Waals surface area contributed by atoms with Gasteiger partial charge in [0.15, 0.2) is 0 Å². The fourth-order valence-electron chi connectivity index (χ4n) is 2.17. The summed E-state index contributed by atoms with van der Waals surface area (Å²) in [6, 6.07) is 7.46. The van der Waals surface area contributed by atoms with E-state index in [4.69, 9.17) is 4.74 Å². The number of unbranched alkanes of at least 4 members (excludes halogenated alkanes) is 2. The number of phenolic OH excluding ortho intramolecular Hbond substituents is 1. The predicted octanol–water partition coefficient (Wildman–Crippen LogP) is 2.99. The van der Waals surface area contributed by atoms with Crippen LogP contribution in [0.4, 0.5) is 0 Å². The van der Waals surface area contributed by atoms with Crippen LogP contribution >= 0.6 is 11.8 Å². The Kier molecular flexibility index (Phi) is 6.54. The second-order valence-corrected chi connectivity index (χ2v) is 6.03. The molecule has 1 saturated heterocycles. The van der Waals surface area contributed by atoms with Crippen molar-refractivity contribution in [2.75, 3.05) is 38.6 Å². The zero-order chi connectivity index (χ0) is 13.3. The minimum Gasteiger partial charge on any atom is -0.508 e. The number of ether oxygens (including phenoxy) is 1. The Hall–Kier alpha value is -0.710. The van der Waals surface area contributed by atoms with E-state index in [1.54, 1.807) is 12.1 Å². The standard InChI is InChI=1S/C15H23NO2S/c17-14-4-6-15(7-5-14)19-13-3-1-2-8-16-9-11-18-12-10-16/h4-7,17H,1-3,8-13H2. The molecule has 1 fully saturated rings. The summed E-state index contributed by atoms with van der Waals surface area (Å²) in [5.41, 5.74) is 0. The van der Waals surface area contributed by atoms with E-state index in [0.717, 1.165) is 32.1 Å². The molecule has 2 rings (SSSR count). The third-order valence-corrected chi connectivity index (χ3v) is 4.43. The first-order valence-electron chi connectivity index (χ1n) is 7.06. The molecule has 3 nitrogen and oxygen atoms in total. The van der Waals surface area contributed by atoms with E-state index in [1.807, 2.05) is 23.9 Å². The molecule has 0 saturated carbocycles. The van der Waals surface area contributed by atoms with Gasteiger partial charge in [-0.3, -0.25) is 4.90 Å². The van der Waals surface area contributed by atoms with E-state index in [-0.39, 0.29) is 0 Å². The summed E-state index contributed by atoms with van der Waals surface area (Å²) < 4.78 is 5.34. The van der Waals surface area contributed by atoms with Crippen molar-refractivity contribution in [3.63, 3.8) is 0 Å². The highest BCUT2D eigenvalue weighted by Gasteiger charge is 2.08. The molecule has 0 atom stereocenters. The second-order valence-electron chi connectivity index (χ2n) is 4.86. The van der Waals surface area contributed by atoms with Gasteiger partial charge in [0.05, 0.1) is 13.2 Å². The summed E-state index contributed by atoms with van der Waals surface area (Å²) in [7, 11) is 0. The van der Waals surface area contributed by atoms with E-state index in [0.29, 0.717) is 5.75 Å². The molecule has 1 heterocycles. The average molecular weight is 281 g/mol. The zero-order valence-corrected chi connectivity index (χ0v) is 12.2. The molecule has 0 radical (unpaired) electrons. The molecule has 0 bridgehead atoms. The Bertz CT molecular complexity index is 350. The van der Waals surface area contributed by atoms with Gasteiger partial charge in [0.2, 0.25) is 0 Å². The SMILES string of the molecule is Oc1ccc(SCCCCCN2CCOCC2)cc1. The molecule has 106 valence electrons. The Balaban J connectivity index is 1.49. The first-order valence-corrected chi connectivity index (χ1v) is 8.05. The highest BCUT2D eigenvalue weighted by Crippen LogP contribution is 2.21. The van der Waals surface area contributed by atoms with Gasteiger partial charge >= 0.3 is 0 Å². The van der Waals surface area contributed by atoms with E-state index in [1.165, 1.54) is 30.7 Å². The van der Waals surface area contributed by atoms with Crippen molar-refractivity contribution < 1.29 is 9.84 Å². The summed E-state index contributed by atoms with van der Waals surface area (Å²) in [6.45, 7) is 5.21. The topological polar surface area (TPSA) is 32.7 Å². The summed E-state index contributed by atoms with van der Waals surface area (Å²) in [5, 5.41) is 9.20. The molecule has 1 N–H and O–H groups in total. The van der Waals surface area contributed by atoms with Gasteiger partial charge in [-0.1, -0.05) is 6.42 Å². The highest BCUT2D eigenvalue weighted by molar-refractivity contribution is 7.99. The van der Waals surface area contributed by atoms with Crippen LogP contribution in [0.1, 0.15) is 19.3 Å². The number of rotatable bonds is 7. The lowest BCUT2D eigenvalue weighted by Gasteiger charge is -2.26. The summed E-state index contributed by atoms with van der Waals surface area (Å²) in [5.74, 6) is 1.50. The van der Waals surface area contributed by atoms with Crippen molar-refractivity contribution in [3.8, 4) is 5.75 Å². The number of nitrogens with zero attached hydrogens (tertiary/aromatic N) is 1. The fourth-order valence-corrected chi connectivity index (χ4v) is 3.08. The molecule has 4 heteroatoms. The number of thioether (sulfide) groups is 1. The number of benzene rings is 1. The zero-order valence-electron chi connectivity index (χ0n) is 11.4. The Morgan fingerprint density at radius 1 is 1.05 bits per heavy atom. The average Bonchev–Trinajstić information content (AvgIpc) is 2.46. The molecule has 19 heavy (non-hydrogen) atoms. The Morgan fingerprint density at radius 3 is 2.53 bits per heavy atom. The lowest BCUT2D eigenvalue weighted by Crippen LogP contribution is -2.36. The van der Waals surface area contributed by atoms with Crippen LogP contribution in [0.15, 0.2) is 29.2 Å². The van der Waals surface area contributed by atoms with Crippen LogP contribution in [-0.4, -0.2) is 48.6 Å². The largest absolute Gasteiger partial charge is 0.508 e. The lowest BCUT2D eigenvalue weighted by atomic mass is 10.2. The van der Waals surface area contributed by atoms with E-state index in [9.17, 15) is 5.11 Å². The number of hydrogen-bond donors (Lipinski definition) is 1. The summed E-state index contributed by atoms with van der Waals surface area (Å²) >= 11 is 1.87. The lowest BCUT2D eigenvalue weighted by molar-refractivity contribution is 0.0372. The minimum atomic E-state index is 0.342. The number of aromatic hydroxyl groups is 1. The van der Waals surface area contributed by atoms with Gasteiger partial charge < -0.3 is 9.84 Å². The summed E-state index contributed by atoms with van der Waals surface area (Å²) in [4.78, 5) is 3.74. The van der Waals surface area contributed by atoms with Crippen molar-refractivity contribution in [1.82, 2.24) is 4.90 Å². The number of phenols is 1. The molecule has 1 aromatic carbocycles.